The maximum atomic E-state index is 13.0. The molecule has 0 radical (unpaired) electrons. The van der Waals surface area contributed by atoms with Gasteiger partial charge in [-0.3, -0.25) is 4.79 Å². The van der Waals surface area contributed by atoms with E-state index >= 15 is 0 Å². The minimum atomic E-state index is 0. The Bertz CT molecular complexity index is 757. The van der Waals surface area contributed by atoms with Crippen molar-refractivity contribution in [1.82, 2.24) is 5.32 Å². The first kappa shape index (κ1) is 16.0. The Morgan fingerprint density at radius 1 is 1.04 bits per heavy atom. The van der Waals surface area contributed by atoms with Gasteiger partial charge < -0.3 is 10.2 Å². The summed E-state index contributed by atoms with van der Waals surface area (Å²) >= 11 is 0. The number of nitrogens with zero attached hydrogens (tertiary/aromatic N) is 1. The highest BCUT2D eigenvalue weighted by molar-refractivity contribution is 6.07. The number of fused-ring (bicyclic) bond motifs is 2. The van der Waals surface area contributed by atoms with Gasteiger partial charge in [-0.15, -0.1) is 12.4 Å². The first-order valence-electron chi connectivity index (χ1n) is 7.96. The summed E-state index contributed by atoms with van der Waals surface area (Å²) in [7, 11) is 0. The van der Waals surface area contributed by atoms with Crippen molar-refractivity contribution in [3.63, 3.8) is 0 Å². The zero-order valence-corrected chi connectivity index (χ0v) is 14.1. The summed E-state index contributed by atoms with van der Waals surface area (Å²) in [6, 6.07) is 12.5. The largest absolute Gasteiger partial charge is 0.309 e. The molecule has 0 atom stereocenters. The molecule has 120 valence electrons. The summed E-state index contributed by atoms with van der Waals surface area (Å²) in [5, 5.41) is 3.33. The minimum absolute atomic E-state index is 0. The zero-order chi connectivity index (χ0) is 15.1. The van der Waals surface area contributed by atoms with E-state index in [2.05, 4.69) is 42.6 Å². The topological polar surface area (TPSA) is 32.3 Å². The molecule has 0 bridgehead atoms. The average Bonchev–Trinajstić information content (AvgIpc) is 3.00. The van der Waals surface area contributed by atoms with Gasteiger partial charge in [0.05, 0.1) is 0 Å². The number of carbonyl (C=O) groups is 1. The molecule has 2 heterocycles. The highest BCUT2D eigenvalue weighted by atomic mass is 35.5. The highest BCUT2D eigenvalue weighted by Crippen LogP contribution is 2.29. The Kier molecular flexibility index (Phi) is 4.42. The smallest absolute Gasteiger partial charge is 0.258 e. The molecule has 4 rings (SSSR count). The Hall–Kier alpha value is -1.84. The van der Waals surface area contributed by atoms with Crippen molar-refractivity contribution in [1.29, 1.82) is 0 Å². The van der Waals surface area contributed by atoms with Crippen LogP contribution in [0.4, 0.5) is 5.69 Å². The molecular formula is C19H21ClN2O. The van der Waals surface area contributed by atoms with Crippen LogP contribution in [0.3, 0.4) is 0 Å². The van der Waals surface area contributed by atoms with Crippen LogP contribution in [-0.4, -0.2) is 12.5 Å². The van der Waals surface area contributed by atoms with E-state index in [1.807, 2.05) is 11.0 Å². The number of benzene rings is 2. The van der Waals surface area contributed by atoms with Crippen molar-refractivity contribution in [3.8, 4) is 0 Å². The molecule has 0 spiro atoms. The molecule has 3 nitrogen and oxygen atoms in total. The first-order chi connectivity index (χ1) is 10.7. The summed E-state index contributed by atoms with van der Waals surface area (Å²) in [5.74, 6) is 0.125. The lowest BCUT2D eigenvalue weighted by Gasteiger charge is -2.30. The van der Waals surface area contributed by atoms with Crippen LogP contribution in [0.25, 0.3) is 0 Å². The van der Waals surface area contributed by atoms with Crippen LogP contribution in [0.1, 0.15) is 39.0 Å². The molecule has 1 amide bonds. The maximum Gasteiger partial charge on any atom is 0.258 e. The van der Waals surface area contributed by atoms with Crippen LogP contribution in [-0.2, 0) is 19.5 Å². The van der Waals surface area contributed by atoms with Gasteiger partial charge in [0, 0.05) is 30.9 Å². The van der Waals surface area contributed by atoms with E-state index in [4.69, 9.17) is 0 Å². The van der Waals surface area contributed by atoms with Crippen LogP contribution < -0.4 is 10.2 Å². The molecule has 0 saturated heterocycles. The van der Waals surface area contributed by atoms with E-state index in [1.165, 1.54) is 22.3 Å². The van der Waals surface area contributed by atoms with Crippen molar-refractivity contribution in [2.24, 2.45) is 0 Å². The van der Waals surface area contributed by atoms with Crippen molar-refractivity contribution in [3.05, 3.63) is 64.2 Å². The molecule has 2 aliphatic heterocycles. The number of hydrogen-bond donors (Lipinski definition) is 1. The summed E-state index contributed by atoms with van der Waals surface area (Å²) < 4.78 is 0. The Morgan fingerprint density at radius 3 is 2.74 bits per heavy atom. The normalized spacial score (nSPS) is 15.6. The van der Waals surface area contributed by atoms with Gasteiger partial charge in [-0.25, -0.2) is 0 Å². The van der Waals surface area contributed by atoms with Crippen LogP contribution in [0.2, 0.25) is 0 Å². The molecule has 2 aliphatic rings. The third-order valence-corrected chi connectivity index (χ3v) is 4.68. The molecule has 23 heavy (non-hydrogen) atoms. The number of amides is 1. The Morgan fingerprint density at radius 2 is 1.87 bits per heavy atom. The zero-order valence-electron chi connectivity index (χ0n) is 13.3. The van der Waals surface area contributed by atoms with E-state index < -0.39 is 0 Å². The summed E-state index contributed by atoms with van der Waals surface area (Å²) in [6.45, 7) is 4.70. The second-order valence-corrected chi connectivity index (χ2v) is 6.28. The van der Waals surface area contributed by atoms with Crippen molar-refractivity contribution < 1.29 is 4.79 Å². The van der Waals surface area contributed by atoms with Crippen molar-refractivity contribution >= 4 is 24.0 Å². The molecule has 0 aliphatic carbocycles. The Labute approximate surface area is 143 Å². The van der Waals surface area contributed by atoms with E-state index in [-0.39, 0.29) is 18.3 Å². The summed E-state index contributed by atoms with van der Waals surface area (Å²) in [5.41, 5.74) is 7.01. The highest BCUT2D eigenvalue weighted by Gasteiger charge is 2.24. The molecule has 2 aromatic carbocycles. The summed E-state index contributed by atoms with van der Waals surface area (Å²) in [4.78, 5) is 14.9. The fraction of sp³-hybridized carbons (Fsp3) is 0.316. The number of halogens is 1. The average molecular weight is 329 g/mol. The van der Waals surface area contributed by atoms with E-state index in [0.29, 0.717) is 0 Å². The SMILES string of the molecule is Cc1ccc2c(c1)CCCN2C(=O)c1ccc2c(c1)CNC2.Cl. The number of hydrogen-bond acceptors (Lipinski definition) is 2. The quantitative estimate of drug-likeness (QED) is 0.867. The van der Waals surface area contributed by atoms with E-state index in [0.717, 1.165) is 43.7 Å². The predicted molar refractivity (Wildman–Crippen MR) is 95.4 cm³/mol. The van der Waals surface area contributed by atoms with Gasteiger partial charge in [0.2, 0.25) is 0 Å². The molecule has 4 heteroatoms. The van der Waals surface area contributed by atoms with Crippen LogP contribution >= 0.6 is 12.4 Å². The third-order valence-electron chi connectivity index (χ3n) is 4.68. The minimum Gasteiger partial charge on any atom is -0.309 e. The maximum absolute atomic E-state index is 13.0. The van der Waals surface area contributed by atoms with Crippen molar-refractivity contribution in [2.45, 2.75) is 32.9 Å². The van der Waals surface area contributed by atoms with Gasteiger partial charge in [0.1, 0.15) is 0 Å². The fourth-order valence-electron chi connectivity index (χ4n) is 3.52. The number of nitrogens with one attached hydrogen (secondary N) is 1. The summed E-state index contributed by atoms with van der Waals surface area (Å²) in [6.07, 6.45) is 2.10. The number of anilines is 1. The van der Waals surface area contributed by atoms with E-state index in [1.54, 1.807) is 0 Å². The number of aryl methyl sites for hydroxylation is 2. The molecule has 0 unspecified atom stereocenters. The lowest BCUT2D eigenvalue weighted by molar-refractivity contribution is 0.0985. The van der Waals surface area contributed by atoms with Gasteiger partial charge >= 0.3 is 0 Å². The second-order valence-electron chi connectivity index (χ2n) is 6.28. The second kappa shape index (κ2) is 6.34. The van der Waals surface area contributed by atoms with Crippen molar-refractivity contribution in [2.75, 3.05) is 11.4 Å². The van der Waals surface area contributed by atoms with Crippen LogP contribution in [0.5, 0.6) is 0 Å². The van der Waals surface area contributed by atoms with Crippen LogP contribution in [0, 0.1) is 6.92 Å². The number of rotatable bonds is 1. The number of carbonyl (C=O) groups excluding carboxylic acids is 1. The van der Waals surface area contributed by atoms with Gasteiger partial charge in [0.15, 0.2) is 0 Å². The van der Waals surface area contributed by atoms with Gasteiger partial charge in [-0.1, -0.05) is 23.8 Å². The lowest BCUT2D eigenvalue weighted by Crippen LogP contribution is -2.35. The first-order valence-corrected chi connectivity index (χ1v) is 7.96. The molecule has 0 aromatic heterocycles. The monoisotopic (exact) mass is 328 g/mol. The third kappa shape index (κ3) is 2.87. The predicted octanol–water partition coefficient (Wildman–Crippen LogP) is 3.61. The molecule has 1 N–H and O–H groups in total. The molecule has 0 saturated carbocycles. The Balaban J connectivity index is 0.00000156. The van der Waals surface area contributed by atoms with Crippen LogP contribution in [0.15, 0.2) is 36.4 Å². The standard InChI is InChI=1S/C19H20N2O.ClH/c1-13-4-7-18-14(9-13)3-2-8-21(18)19(22)15-5-6-16-11-20-12-17(16)10-15;/h4-7,9-10,20H,2-3,8,11-12H2,1H3;1H. The fourth-order valence-corrected chi connectivity index (χ4v) is 3.52. The molecule has 2 aromatic rings. The van der Waals surface area contributed by atoms with Gasteiger partial charge in [-0.2, -0.15) is 0 Å². The molecule has 0 fully saturated rings. The van der Waals surface area contributed by atoms with Gasteiger partial charge in [-0.05, 0) is 54.7 Å². The lowest BCUT2D eigenvalue weighted by atomic mass is 9.98. The van der Waals surface area contributed by atoms with E-state index in [9.17, 15) is 4.79 Å². The van der Waals surface area contributed by atoms with Gasteiger partial charge in [0.25, 0.3) is 5.91 Å². The molecular weight excluding hydrogens is 308 g/mol.